The molecule has 0 amide bonds. The van der Waals surface area contributed by atoms with Gasteiger partial charge in [-0.05, 0) is 17.7 Å². The van der Waals surface area contributed by atoms with Crippen LogP contribution in [0, 0.1) is 0 Å². The van der Waals surface area contributed by atoms with Crippen molar-refractivity contribution in [1.29, 1.82) is 0 Å². The molecule has 0 aliphatic rings. The first kappa shape index (κ1) is 14.3. The second kappa shape index (κ2) is 5.45. The Morgan fingerprint density at radius 1 is 1.30 bits per heavy atom. The summed E-state index contributed by atoms with van der Waals surface area (Å²) < 4.78 is 41.2. The molecule has 0 unspecified atom stereocenters. The number of benzene rings is 1. The molecule has 0 saturated heterocycles. The van der Waals surface area contributed by atoms with Gasteiger partial charge in [-0.25, -0.2) is 9.67 Å². The first-order valence-electron chi connectivity index (χ1n) is 5.37. The van der Waals surface area contributed by atoms with E-state index in [0.717, 1.165) is 5.56 Å². The van der Waals surface area contributed by atoms with Crippen LogP contribution in [0.5, 0.6) is 5.75 Å². The van der Waals surface area contributed by atoms with E-state index in [2.05, 4.69) is 14.8 Å². The summed E-state index contributed by atoms with van der Waals surface area (Å²) in [4.78, 5) is 3.97. The Labute approximate surface area is 117 Å². The molecule has 2 rings (SSSR count). The number of aromatic nitrogens is 3. The van der Waals surface area contributed by atoms with Gasteiger partial charge in [-0.3, -0.25) is 0 Å². The molecule has 0 spiro atoms. The van der Waals surface area contributed by atoms with E-state index in [1.165, 1.54) is 35.3 Å². The van der Waals surface area contributed by atoms with E-state index >= 15 is 0 Å². The van der Waals surface area contributed by atoms with Crippen LogP contribution in [0.1, 0.15) is 11.4 Å². The Balaban J connectivity index is 2.04. The quantitative estimate of drug-likeness (QED) is 0.873. The zero-order valence-corrected chi connectivity index (χ0v) is 10.8. The molecule has 0 fully saturated rings. The van der Waals surface area contributed by atoms with Crippen LogP contribution in [-0.2, 0) is 6.54 Å². The number of alkyl halides is 3. The number of nitrogens with zero attached hydrogens (tertiary/aromatic N) is 3. The second-order valence-electron chi connectivity index (χ2n) is 3.82. The molecule has 20 heavy (non-hydrogen) atoms. The van der Waals surface area contributed by atoms with E-state index in [0.29, 0.717) is 6.54 Å². The predicted molar refractivity (Wildman–Crippen MR) is 68.1 cm³/mol. The number of halogens is 3. The molecule has 2 N–H and O–H groups in total. The summed E-state index contributed by atoms with van der Waals surface area (Å²) in [6, 6.07) is 5.47. The second-order valence-corrected chi connectivity index (χ2v) is 4.26. The summed E-state index contributed by atoms with van der Waals surface area (Å²) in [6.45, 7) is 0.335. The first-order chi connectivity index (χ1) is 9.33. The van der Waals surface area contributed by atoms with Gasteiger partial charge in [-0.15, -0.1) is 18.3 Å². The van der Waals surface area contributed by atoms with E-state index in [1.54, 1.807) is 0 Å². The lowest BCUT2D eigenvalue weighted by Gasteiger charge is -2.09. The molecule has 0 radical (unpaired) electrons. The summed E-state index contributed by atoms with van der Waals surface area (Å²) in [5, 5.41) is 4.01. The van der Waals surface area contributed by atoms with Crippen molar-refractivity contribution in [3.05, 3.63) is 42.0 Å². The number of rotatable bonds is 4. The summed E-state index contributed by atoms with van der Waals surface area (Å²) >= 11 is 4.72. The van der Waals surface area contributed by atoms with Gasteiger partial charge in [-0.2, -0.15) is 0 Å². The number of hydrogen-bond acceptors (Lipinski definition) is 4. The van der Waals surface area contributed by atoms with Gasteiger partial charge < -0.3 is 10.5 Å². The summed E-state index contributed by atoms with van der Waals surface area (Å²) in [7, 11) is 0. The zero-order valence-electron chi connectivity index (χ0n) is 9.96. The Hall–Kier alpha value is -2.16. The molecule has 9 heteroatoms. The molecule has 1 aromatic heterocycles. The van der Waals surface area contributed by atoms with Crippen molar-refractivity contribution in [2.45, 2.75) is 12.9 Å². The third-order valence-corrected chi connectivity index (χ3v) is 2.44. The topological polar surface area (TPSA) is 66.0 Å². The molecule has 0 bridgehead atoms. The predicted octanol–water partition coefficient (Wildman–Crippen LogP) is 1.86. The standard InChI is InChI=1S/C11H9F3N4OS/c12-11(13,14)19-8-3-1-7(2-4-8)5-18-6-16-10(17-18)9(15)20/h1-4,6H,5H2,(H2,15,20). The molecule has 2 aromatic rings. The van der Waals surface area contributed by atoms with Crippen molar-refractivity contribution in [2.24, 2.45) is 5.73 Å². The van der Waals surface area contributed by atoms with Gasteiger partial charge in [0.15, 0.2) is 0 Å². The number of hydrogen-bond donors (Lipinski definition) is 1. The Kier molecular flexibility index (Phi) is 3.89. The molecule has 0 saturated carbocycles. The van der Waals surface area contributed by atoms with E-state index in [9.17, 15) is 13.2 Å². The summed E-state index contributed by atoms with van der Waals surface area (Å²) in [5.74, 6) is -0.0271. The Bertz CT molecular complexity index is 609. The lowest BCUT2D eigenvalue weighted by atomic mass is 10.2. The maximum atomic E-state index is 12.0. The Morgan fingerprint density at radius 3 is 2.45 bits per heavy atom. The van der Waals surface area contributed by atoms with Crippen LogP contribution in [0.2, 0.25) is 0 Å². The number of nitrogens with two attached hydrogens (primary N) is 1. The molecule has 106 valence electrons. The van der Waals surface area contributed by atoms with Crippen LogP contribution in [0.15, 0.2) is 30.6 Å². The van der Waals surface area contributed by atoms with E-state index in [-0.39, 0.29) is 16.6 Å². The molecule has 1 heterocycles. The monoisotopic (exact) mass is 302 g/mol. The molecular formula is C11H9F3N4OS. The van der Waals surface area contributed by atoms with Gasteiger partial charge in [0.1, 0.15) is 17.1 Å². The van der Waals surface area contributed by atoms with Gasteiger partial charge in [0, 0.05) is 0 Å². The fourth-order valence-corrected chi connectivity index (χ4v) is 1.56. The van der Waals surface area contributed by atoms with Crippen molar-refractivity contribution < 1.29 is 17.9 Å². The highest BCUT2D eigenvalue weighted by atomic mass is 32.1. The normalized spacial score (nSPS) is 11.3. The van der Waals surface area contributed by atoms with Crippen molar-refractivity contribution in [3.63, 3.8) is 0 Å². The molecule has 0 aliphatic carbocycles. The maximum Gasteiger partial charge on any atom is 0.573 e. The van der Waals surface area contributed by atoms with Crippen LogP contribution < -0.4 is 10.5 Å². The van der Waals surface area contributed by atoms with E-state index in [1.807, 2.05) is 0 Å². The van der Waals surface area contributed by atoms with Crippen molar-refractivity contribution >= 4 is 17.2 Å². The smallest absolute Gasteiger partial charge is 0.406 e. The fourth-order valence-electron chi connectivity index (χ4n) is 1.47. The largest absolute Gasteiger partial charge is 0.573 e. The van der Waals surface area contributed by atoms with Crippen molar-refractivity contribution in [2.75, 3.05) is 0 Å². The van der Waals surface area contributed by atoms with Gasteiger partial charge >= 0.3 is 6.36 Å². The third-order valence-electron chi connectivity index (χ3n) is 2.26. The lowest BCUT2D eigenvalue weighted by Crippen LogP contribution is -2.17. The minimum Gasteiger partial charge on any atom is -0.406 e. The van der Waals surface area contributed by atoms with E-state index < -0.39 is 6.36 Å². The van der Waals surface area contributed by atoms with Gasteiger partial charge in [0.2, 0.25) is 5.82 Å². The van der Waals surface area contributed by atoms with Gasteiger partial charge in [-0.1, -0.05) is 24.4 Å². The minimum absolute atomic E-state index is 0.0812. The molecule has 1 aromatic carbocycles. The highest BCUT2D eigenvalue weighted by molar-refractivity contribution is 7.80. The van der Waals surface area contributed by atoms with Crippen molar-refractivity contribution in [3.8, 4) is 5.75 Å². The zero-order chi connectivity index (χ0) is 14.8. The van der Waals surface area contributed by atoms with E-state index in [4.69, 9.17) is 18.0 Å². The minimum atomic E-state index is -4.70. The van der Waals surface area contributed by atoms with Crippen LogP contribution in [-0.4, -0.2) is 26.1 Å². The molecule has 5 nitrogen and oxygen atoms in total. The molecule has 0 aliphatic heterocycles. The van der Waals surface area contributed by atoms with Gasteiger partial charge in [0.25, 0.3) is 0 Å². The highest BCUT2D eigenvalue weighted by Crippen LogP contribution is 2.22. The molecular weight excluding hydrogens is 293 g/mol. The summed E-state index contributed by atoms with van der Waals surface area (Å²) in [6.07, 6.45) is -3.26. The fraction of sp³-hybridized carbons (Fsp3) is 0.182. The van der Waals surface area contributed by atoms with Crippen LogP contribution in [0.3, 0.4) is 0 Å². The summed E-state index contributed by atoms with van der Waals surface area (Å²) in [5.41, 5.74) is 6.10. The van der Waals surface area contributed by atoms with Crippen LogP contribution in [0.25, 0.3) is 0 Å². The average Bonchev–Trinajstić information content (AvgIpc) is 2.78. The number of thiocarbonyl (C=S) groups is 1. The van der Waals surface area contributed by atoms with Crippen LogP contribution in [0.4, 0.5) is 13.2 Å². The average molecular weight is 302 g/mol. The molecule has 0 atom stereocenters. The van der Waals surface area contributed by atoms with Gasteiger partial charge in [0.05, 0.1) is 6.54 Å². The Morgan fingerprint density at radius 2 is 1.95 bits per heavy atom. The highest BCUT2D eigenvalue weighted by Gasteiger charge is 2.30. The van der Waals surface area contributed by atoms with Crippen LogP contribution >= 0.6 is 12.2 Å². The lowest BCUT2D eigenvalue weighted by molar-refractivity contribution is -0.274. The maximum absolute atomic E-state index is 12.0. The van der Waals surface area contributed by atoms with Crippen molar-refractivity contribution in [1.82, 2.24) is 14.8 Å². The number of ether oxygens (including phenoxy) is 1. The SMILES string of the molecule is NC(=S)c1ncn(Cc2ccc(OC(F)(F)F)cc2)n1. The third kappa shape index (κ3) is 3.92. The first-order valence-corrected chi connectivity index (χ1v) is 5.78.